The minimum Gasteiger partial charge on any atom is -0.507 e. The molecule has 176 valence electrons. The second-order valence-electron chi connectivity index (χ2n) is 8.15. The molecule has 1 aliphatic heterocycles. The van der Waals surface area contributed by atoms with Gasteiger partial charge < -0.3 is 9.84 Å². The zero-order valence-corrected chi connectivity index (χ0v) is 19.8. The fourth-order valence-electron chi connectivity index (χ4n) is 4.14. The first kappa shape index (κ1) is 22.7. The second kappa shape index (κ2) is 8.96. The van der Waals surface area contributed by atoms with Gasteiger partial charge in [0.15, 0.2) is 5.13 Å². The third-order valence-electron chi connectivity index (χ3n) is 5.81. The Hall–Kier alpha value is -4.04. The molecule has 0 aliphatic carbocycles. The summed E-state index contributed by atoms with van der Waals surface area (Å²) in [7, 11) is 0. The summed E-state index contributed by atoms with van der Waals surface area (Å²) in [4.78, 5) is 32.4. The summed E-state index contributed by atoms with van der Waals surface area (Å²) in [6.45, 7) is 4.31. The third kappa shape index (κ3) is 4.06. The van der Waals surface area contributed by atoms with Crippen LogP contribution >= 0.6 is 11.3 Å². The number of Topliss-reactive ketones (excluding diaryl/α,β-unsaturated/α-hetero) is 1. The minimum absolute atomic E-state index is 0.0822. The normalized spacial score (nSPS) is 17.3. The molecule has 1 atom stereocenters. The molecule has 1 fully saturated rings. The Morgan fingerprint density at radius 1 is 1.09 bits per heavy atom. The molecule has 5 rings (SSSR count). The monoisotopic (exact) mass is 488 g/mol. The third-order valence-corrected chi connectivity index (χ3v) is 6.83. The first-order valence-electron chi connectivity index (χ1n) is 11.0. The Morgan fingerprint density at radius 2 is 1.80 bits per heavy atom. The van der Waals surface area contributed by atoms with E-state index in [9.17, 15) is 19.1 Å². The number of thiazole rings is 1. The lowest BCUT2D eigenvalue weighted by molar-refractivity contribution is -0.132. The van der Waals surface area contributed by atoms with Crippen LogP contribution in [-0.2, 0) is 9.59 Å². The Balaban J connectivity index is 1.68. The maximum absolute atomic E-state index is 13.7. The molecule has 1 aromatic heterocycles. The maximum Gasteiger partial charge on any atom is 0.301 e. The molecule has 1 N–H and O–H groups in total. The van der Waals surface area contributed by atoms with Gasteiger partial charge in [-0.3, -0.25) is 14.5 Å². The molecule has 4 aromatic rings. The van der Waals surface area contributed by atoms with E-state index >= 15 is 0 Å². The molecule has 0 bridgehead atoms. The van der Waals surface area contributed by atoms with Crippen molar-refractivity contribution in [2.45, 2.75) is 19.9 Å². The van der Waals surface area contributed by atoms with Gasteiger partial charge in [-0.05, 0) is 73.5 Å². The van der Waals surface area contributed by atoms with E-state index in [2.05, 4.69) is 4.98 Å². The smallest absolute Gasteiger partial charge is 0.301 e. The van der Waals surface area contributed by atoms with Crippen LogP contribution in [0.15, 0.2) is 72.3 Å². The van der Waals surface area contributed by atoms with Crippen molar-refractivity contribution < 1.29 is 23.8 Å². The molecule has 6 nitrogen and oxygen atoms in total. The Morgan fingerprint density at radius 3 is 2.49 bits per heavy atom. The van der Waals surface area contributed by atoms with Crippen molar-refractivity contribution in [2.75, 3.05) is 11.5 Å². The van der Waals surface area contributed by atoms with Gasteiger partial charge in [0, 0.05) is 5.56 Å². The van der Waals surface area contributed by atoms with Crippen molar-refractivity contribution in [3.05, 3.63) is 94.8 Å². The minimum atomic E-state index is -0.969. The van der Waals surface area contributed by atoms with Gasteiger partial charge in [-0.25, -0.2) is 9.37 Å². The van der Waals surface area contributed by atoms with E-state index in [0.717, 1.165) is 10.3 Å². The molecule has 0 unspecified atom stereocenters. The van der Waals surface area contributed by atoms with Crippen molar-refractivity contribution >= 4 is 44.1 Å². The topological polar surface area (TPSA) is 79.7 Å². The van der Waals surface area contributed by atoms with Crippen LogP contribution < -0.4 is 9.64 Å². The number of carbonyl (C=O) groups is 2. The average molecular weight is 489 g/mol. The highest BCUT2D eigenvalue weighted by Gasteiger charge is 2.48. The molecule has 1 saturated heterocycles. The first-order valence-corrected chi connectivity index (χ1v) is 11.9. The zero-order chi connectivity index (χ0) is 24.7. The fourth-order valence-corrected chi connectivity index (χ4v) is 5.23. The van der Waals surface area contributed by atoms with Gasteiger partial charge in [-0.2, -0.15) is 0 Å². The first-order chi connectivity index (χ1) is 16.9. The predicted octanol–water partition coefficient (Wildman–Crippen LogP) is 5.77. The number of carbonyl (C=O) groups excluding carboxylic acids is 2. The van der Waals surface area contributed by atoms with Crippen LogP contribution in [0.5, 0.6) is 5.75 Å². The number of anilines is 1. The van der Waals surface area contributed by atoms with E-state index in [1.807, 2.05) is 32.0 Å². The van der Waals surface area contributed by atoms with Gasteiger partial charge in [0.2, 0.25) is 0 Å². The lowest BCUT2D eigenvalue weighted by Gasteiger charge is -2.23. The molecule has 2 heterocycles. The van der Waals surface area contributed by atoms with Crippen molar-refractivity contribution in [2.24, 2.45) is 0 Å². The molecule has 0 radical (unpaired) electrons. The number of rotatable bonds is 5. The van der Waals surface area contributed by atoms with E-state index in [1.165, 1.54) is 40.5 Å². The van der Waals surface area contributed by atoms with E-state index in [4.69, 9.17) is 4.74 Å². The summed E-state index contributed by atoms with van der Waals surface area (Å²) < 4.78 is 20.0. The van der Waals surface area contributed by atoms with Gasteiger partial charge in [0.05, 0.1) is 28.4 Å². The number of ketones is 1. The average Bonchev–Trinajstić information content (AvgIpc) is 3.37. The van der Waals surface area contributed by atoms with Crippen LogP contribution in [0.4, 0.5) is 9.52 Å². The summed E-state index contributed by atoms with van der Waals surface area (Å²) in [5.41, 5.74) is 2.50. The number of aromatic nitrogens is 1. The van der Waals surface area contributed by atoms with E-state index in [1.54, 1.807) is 24.3 Å². The van der Waals surface area contributed by atoms with Crippen LogP contribution in [0, 0.1) is 12.7 Å². The number of benzene rings is 3. The van der Waals surface area contributed by atoms with Crippen LogP contribution in [0.25, 0.3) is 16.0 Å². The number of aliphatic hydroxyl groups excluding tert-OH is 1. The summed E-state index contributed by atoms with van der Waals surface area (Å²) in [6, 6.07) is 16.9. The molecule has 1 aliphatic rings. The number of halogens is 1. The summed E-state index contributed by atoms with van der Waals surface area (Å²) in [5.74, 6) is -1.79. The maximum atomic E-state index is 13.7. The quantitative estimate of drug-likeness (QED) is 0.219. The number of aliphatic hydroxyl groups is 1. The van der Waals surface area contributed by atoms with Gasteiger partial charge >= 0.3 is 5.91 Å². The SMILES string of the molecule is CCOc1ccc(C(O)=C2C(=O)C(=O)N(c3nc4ccc(C)cc4s3)[C@H]2c2ccc(F)cc2)cc1. The van der Waals surface area contributed by atoms with Gasteiger partial charge in [-0.15, -0.1) is 0 Å². The predicted molar refractivity (Wildman–Crippen MR) is 133 cm³/mol. The van der Waals surface area contributed by atoms with Crippen molar-refractivity contribution in [1.29, 1.82) is 0 Å². The van der Waals surface area contributed by atoms with Gasteiger partial charge in [0.25, 0.3) is 5.78 Å². The Kier molecular flexibility index (Phi) is 5.82. The number of aryl methyl sites for hydroxylation is 1. The standard InChI is InChI=1S/C27H21FN2O4S/c1-3-34-19-11-7-17(8-12-19)24(31)22-23(16-5-9-18(28)10-6-16)30(26(33)25(22)32)27-29-20-13-4-15(2)14-21(20)35-27/h4-14,23,31H,3H2,1-2H3/t23-/m0/s1. The number of fused-ring (bicyclic) bond motifs is 1. The largest absolute Gasteiger partial charge is 0.507 e. The molecule has 3 aromatic carbocycles. The number of hydrogen-bond acceptors (Lipinski definition) is 6. The van der Waals surface area contributed by atoms with Crippen molar-refractivity contribution in [3.8, 4) is 5.75 Å². The van der Waals surface area contributed by atoms with E-state index < -0.39 is 23.5 Å². The molecule has 0 saturated carbocycles. The summed E-state index contributed by atoms with van der Waals surface area (Å²) >= 11 is 1.28. The van der Waals surface area contributed by atoms with E-state index in [0.29, 0.717) is 34.1 Å². The van der Waals surface area contributed by atoms with Crippen LogP contribution in [0.3, 0.4) is 0 Å². The molecule has 0 spiro atoms. The number of ether oxygens (including phenoxy) is 1. The molecular weight excluding hydrogens is 467 g/mol. The lowest BCUT2D eigenvalue weighted by Crippen LogP contribution is -2.29. The molecule has 8 heteroatoms. The van der Waals surface area contributed by atoms with Crippen LogP contribution in [0.2, 0.25) is 0 Å². The van der Waals surface area contributed by atoms with Gasteiger partial charge in [0.1, 0.15) is 17.3 Å². The number of amides is 1. The van der Waals surface area contributed by atoms with E-state index in [-0.39, 0.29) is 11.3 Å². The Labute approximate surface area is 204 Å². The summed E-state index contributed by atoms with van der Waals surface area (Å²) in [6.07, 6.45) is 0. The second-order valence-corrected chi connectivity index (χ2v) is 9.15. The molecular formula is C27H21FN2O4S. The van der Waals surface area contributed by atoms with Gasteiger partial charge in [-0.1, -0.05) is 29.5 Å². The highest BCUT2D eigenvalue weighted by atomic mass is 32.1. The fraction of sp³-hybridized carbons (Fsp3) is 0.148. The van der Waals surface area contributed by atoms with Crippen molar-refractivity contribution in [1.82, 2.24) is 4.98 Å². The number of hydrogen-bond donors (Lipinski definition) is 1. The molecule has 1 amide bonds. The molecule has 35 heavy (non-hydrogen) atoms. The Bertz CT molecular complexity index is 1480. The van der Waals surface area contributed by atoms with Crippen LogP contribution in [-0.4, -0.2) is 28.4 Å². The summed E-state index contributed by atoms with van der Waals surface area (Å²) in [5, 5.41) is 11.5. The number of nitrogens with zero attached hydrogens (tertiary/aromatic N) is 2. The highest BCUT2D eigenvalue weighted by molar-refractivity contribution is 7.22. The van der Waals surface area contributed by atoms with Crippen LogP contribution in [0.1, 0.15) is 29.7 Å². The highest BCUT2D eigenvalue weighted by Crippen LogP contribution is 2.44. The zero-order valence-electron chi connectivity index (χ0n) is 19.0. The van der Waals surface area contributed by atoms with Crippen molar-refractivity contribution in [3.63, 3.8) is 0 Å². The lowest BCUT2D eigenvalue weighted by atomic mass is 9.95.